The van der Waals surface area contributed by atoms with E-state index >= 15 is 0 Å². The highest BCUT2D eigenvalue weighted by Gasteiger charge is 2.01. The number of rotatable bonds is 2. The molecule has 0 atom stereocenters. The molecule has 4 nitrogen and oxygen atoms in total. The summed E-state index contributed by atoms with van der Waals surface area (Å²) in [6.45, 7) is 0. The van der Waals surface area contributed by atoms with Gasteiger partial charge in [-0.1, -0.05) is 23.7 Å². The van der Waals surface area contributed by atoms with Gasteiger partial charge in [0, 0.05) is 10.6 Å². The van der Waals surface area contributed by atoms with Crippen molar-refractivity contribution < 1.29 is 4.79 Å². The van der Waals surface area contributed by atoms with Gasteiger partial charge in [-0.15, -0.1) is 10.2 Å². The SMILES string of the molecule is O=Cc1ncc(-c2ccc(Cl)cc2)nn1. The molecule has 0 spiro atoms. The maximum Gasteiger partial charge on any atom is 0.214 e. The molecule has 15 heavy (non-hydrogen) atoms. The lowest BCUT2D eigenvalue weighted by molar-refractivity contribution is 0.111. The second-order valence-electron chi connectivity index (χ2n) is 2.83. The van der Waals surface area contributed by atoms with Crippen LogP contribution >= 0.6 is 11.6 Å². The molecule has 0 saturated heterocycles. The van der Waals surface area contributed by atoms with E-state index in [1.165, 1.54) is 6.20 Å². The summed E-state index contributed by atoms with van der Waals surface area (Å²) in [5.74, 6) is 0.0766. The van der Waals surface area contributed by atoms with Crippen LogP contribution in [0.5, 0.6) is 0 Å². The third-order valence-corrected chi connectivity index (χ3v) is 2.08. The van der Waals surface area contributed by atoms with Crippen LogP contribution in [0.15, 0.2) is 30.5 Å². The summed E-state index contributed by atoms with van der Waals surface area (Å²) in [5, 5.41) is 8.15. The Morgan fingerprint density at radius 1 is 1.13 bits per heavy atom. The van der Waals surface area contributed by atoms with Crippen molar-refractivity contribution in [3.05, 3.63) is 41.3 Å². The van der Waals surface area contributed by atoms with Crippen molar-refractivity contribution in [3.8, 4) is 11.3 Å². The van der Waals surface area contributed by atoms with Crippen molar-refractivity contribution in [2.24, 2.45) is 0 Å². The fourth-order valence-corrected chi connectivity index (χ4v) is 1.22. The Morgan fingerprint density at radius 2 is 1.87 bits per heavy atom. The van der Waals surface area contributed by atoms with Crippen molar-refractivity contribution in [1.82, 2.24) is 15.2 Å². The third-order valence-electron chi connectivity index (χ3n) is 1.82. The Balaban J connectivity index is 2.37. The molecule has 0 unspecified atom stereocenters. The number of benzene rings is 1. The van der Waals surface area contributed by atoms with Crippen LogP contribution in [0.2, 0.25) is 5.02 Å². The van der Waals surface area contributed by atoms with Crippen molar-refractivity contribution >= 4 is 17.9 Å². The smallest absolute Gasteiger partial charge is 0.214 e. The molecule has 2 rings (SSSR count). The summed E-state index contributed by atoms with van der Waals surface area (Å²) in [4.78, 5) is 14.1. The number of hydrogen-bond donors (Lipinski definition) is 0. The largest absolute Gasteiger partial charge is 0.294 e. The van der Waals surface area contributed by atoms with Crippen LogP contribution in [0.3, 0.4) is 0 Å². The van der Waals surface area contributed by atoms with Crippen LogP contribution in [-0.4, -0.2) is 21.5 Å². The number of nitrogens with zero attached hydrogens (tertiary/aromatic N) is 3. The summed E-state index contributed by atoms with van der Waals surface area (Å²) in [5.41, 5.74) is 1.47. The molecule has 0 fully saturated rings. The van der Waals surface area contributed by atoms with Gasteiger partial charge in [0.1, 0.15) is 5.69 Å². The number of carbonyl (C=O) groups is 1. The molecular formula is C10H6ClN3O. The predicted octanol–water partition coefficient (Wildman–Crippen LogP) is 2.00. The first-order valence-electron chi connectivity index (χ1n) is 4.20. The molecule has 0 aliphatic rings. The maximum absolute atomic E-state index is 10.3. The summed E-state index contributed by atoms with van der Waals surface area (Å²) >= 11 is 5.75. The van der Waals surface area contributed by atoms with E-state index in [2.05, 4.69) is 15.2 Å². The number of carbonyl (C=O) groups excluding carboxylic acids is 1. The number of aldehydes is 1. The molecule has 1 heterocycles. The van der Waals surface area contributed by atoms with Gasteiger partial charge in [0.15, 0.2) is 6.29 Å². The molecule has 0 aliphatic heterocycles. The highest BCUT2D eigenvalue weighted by atomic mass is 35.5. The normalized spacial score (nSPS) is 9.93. The zero-order valence-corrected chi connectivity index (χ0v) is 8.35. The highest BCUT2D eigenvalue weighted by Crippen LogP contribution is 2.17. The van der Waals surface area contributed by atoms with Crippen LogP contribution in [-0.2, 0) is 0 Å². The molecule has 0 N–H and O–H groups in total. The number of hydrogen-bond acceptors (Lipinski definition) is 4. The van der Waals surface area contributed by atoms with Crippen molar-refractivity contribution in [2.75, 3.05) is 0 Å². The zero-order valence-electron chi connectivity index (χ0n) is 7.59. The Hall–Kier alpha value is -1.81. The van der Waals surface area contributed by atoms with Crippen LogP contribution in [0.1, 0.15) is 10.6 Å². The average molecular weight is 220 g/mol. The average Bonchev–Trinajstić information content (AvgIpc) is 2.30. The Kier molecular flexibility index (Phi) is 2.69. The van der Waals surface area contributed by atoms with E-state index in [0.717, 1.165) is 5.56 Å². The first-order chi connectivity index (χ1) is 7.29. The van der Waals surface area contributed by atoms with Gasteiger partial charge in [0.2, 0.25) is 5.82 Å². The lowest BCUT2D eigenvalue weighted by Gasteiger charge is -1.98. The Bertz CT molecular complexity index is 467. The van der Waals surface area contributed by atoms with Gasteiger partial charge in [-0.25, -0.2) is 4.98 Å². The molecule has 0 aliphatic carbocycles. The van der Waals surface area contributed by atoms with Gasteiger partial charge in [0.05, 0.1) is 6.20 Å². The van der Waals surface area contributed by atoms with Crippen molar-refractivity contribution in [3.63, 3.8) is 0 Å². The summed E-state index contributed by atoms with van der Waals surface area (Å²) in [7, 11) is 0. The number of aromatic nitrogens is 3. The molecular weight excluding hydrogens is 214 g/mol. The van der Waals surface area contributed by atoms with Crippen LogP contribution in [0, 0.1) is 0 Å². The topological polar surface area (TPSA) is 55.7 Å². The fourth-order valence-electron chi connectivity index (χ4n) is 1.09. The van der Waals surface area contributed by atoms with E-state index < -0.39 is 0 Å². The lowest BCUT2D eigenvalue weighted by atomic mass is 10.2. The van der Waals surface area contributed by atoms with E-state index in [4.69, 9.17) is 11.6 Å². The van der Waals surface area contributed by atoms with E-state index in [1.54, 1.807) is 12.1 Å². The summed E-state index contributed by atoms with van der Waals surface area (Å²) in [6, 6.07) is 7.14. The predicted molar refractivity (Wildman–Crippen MR) is 55.7 cm³/mol. The van der Waals surface area contributed by atoms with Crippen molar-refractivity contribution in [2.45, 2.75) is 0 Å². The zero-order chi connectivity index (χ0) is 10.7. The van der Waals surface area contributed by atoms with Gasteiger partial charge in [-0.05, 0) is 12.1 Å². The minimum atomic E-state index is 0.0766. The van der Waals surface area contributed by atoms with E-state index in [-0.39, 0.29) is 5.82 Å². The molecule has 74 valence electrons. The Labute approximate surface area is 90.9 Å². The number of halogens is 1. The second-order valence-corrected chi connectivity index (χ2v) is 3.26. The van der Waals surface area contributed by atoms with Gasteiger partial charge in [-0.2, -0.15) is 0 Å². The Morgan fingerprint density at radius 3 is 2.40 bits per heavy atom. The molecule has 0 bridgehead atoms. The minimum absolute atomic E-state index is 0.0766. The molecule has 0 radical (unpaired) electrons. The van der Waals surface area contributed by atoms with Gasteiger partial charge in [0.25, 0.3) is 0 Å². The van der Waals surface area contributed by atoms with Crippen molar-refractivity contribution in [1.29, 1.82) is 0 Å². The lowest BCUT2D eigenvalue weighted by Crippen LogP contribution is -1.96. The summed E-state index contributed by atoms with van der Waals surface area (Å²) in [6.07, 6.45) is 2.05. The van der Waals surface area contributed by atoms with E-state index in [9.17, 15) is 4.79 Å². The molecule has 2 aromatic rings. The highest BCUT2D eigenvalue weighted by molar-refractivity contribution is 6.30. The second kappa shape index (κ2) is 4.14. The van der Waals surface area contributed by atoms with Gasteiger partial charge >= 0.3 is 0 Å². The fraction of sp³-hybridized carbons (Fsp3) is 0. The quantitative estimate of drug-likeness (QED) is 0.725. The van der Waals surface area contributed by atoms with Crippen LogP contribution < -0.4 is 0 Å². The van der Waals surface area contributed by atoms with Gasteiger partial charge in [-0.3, -0.25) is 4.79 Å². The van der Waals surface area contributed by atoms with Crippen LogP contribution in [0.4, 0.5) is 0 Å². The van der Waals surface area contributed by atoms with E-state index in [0.29, 0.717) is 17.0 Å². The molecule has 0 amide bonds. The minimum Gasteiger partial charge on any atom is -0.294 e. The first-order valence-corrected chi connectivity index (χ1v) is 4.58. The first kappa shape index (κ1) is 9.73. The molecule has 5 heteroatoms. The summed E-state index contributed by atoms with van der Waals surface area (Å²) < 4.78 is 0. The maximum atomic E-state index is 10.3. The molecule has 0 saturated carbocycles. The monoisotopic (exact) mass is 219 g/mol. The molecule has 1 aromatic heterocycles. The standard InChI is InChI=1S/C10H6ClN3O/c11-8-3-1-7(2-4-8)9-5-12-10(6-15)14-13-9/h1-6H. The third kappa shape index (κ3) is 2.16. The van der Waals surface area contributed by atoms with E-state index in [1.807, 2.05) is 12.1 Å². The van der Waals surface area contributed by atoms with Crippen LogP contribution in [0.25, 0.3) is 11.3 Å². The van der Waals surface area contributed by atoms with Gasteiger partial charge < -0.3 is 0 Å². The molecule has 1 aromatic carbocycles.